The molecule has 1 amide bonds. The molecule has 1 aliphatic heterocycles. The highest BCUT2D eigenvalue weighted by Gasteiger charge is 2.35. The number of carbonyl (C=O) groups excluding carboxylic acids is 1. The molecule has 1 saturated heterocycles. The summed E-state index contributed by atoms with van der Waals surface area (Å²) in [4.78, 5) is 14.5. The lowest BCUT2D eigenvalue weighted by Crippen LogP contribution is -2.42. The molecular weight excluding hydrogens is 302 g/mol. The Labute approximate surface area is 134 Å². The first-order valence-electron chi connectivity index (χ1n) is 8.29. The van der Waals surface area contributed by atoms with Crippen LogP contribution in [0.15, 0.2) is 0 Å². The van der Waals surface area contributed by atoms with E-state index in [0.29, 0.717) is 45.6 Å². The van der Waals surface area contributed by atoms with E-state index < -0.39 is 10.0 Å². The summed E-state index contributed by atoms with van der Waals surface area (Å²) in [6.07, 6.45) is 8.09. The van der Waals surface area contributed by atoms with Crippen LogP contribution in [-0.4, -0.2) is 62.5 Å². The van der Waals surface area contributed by atoms with Crippen molar-refractivity contribution in [3.63, 3.8) is 0 Å². The average Bonchev–Trinajstić information content (AvgIpc) is 2.74. The summed E-state index contributed by atoms with van der Waals surface area (Å²) in [7, 11) is -3.17. The summed E-state index contributed by atoms with van der Waals surface area (Å²) < 4.78 is 24.7. The maximum atomic E-state index is 12.6. The number of hydrogen-bond acceptors (Lipinski definition) is 4. The first kappa shape index (κ1) is 17.7. The number of sulfonamides is 1. The average molecular weight is 331 g/mol. The third-order valence-corrected chi connectivity index (χ3v) is 6.45. The van der Waals surface area contributed by atoms with Crippen LogP contribution in [0.25, 0.3) is 0 Å². The molecule has 1 saturated carbocycles. The Morgan fingerprint density at radius 3 is 2.32 bits per heavy atom. The van der Waals surface area contributed by atoms with Gasteiger partial charge < -0.3 is 10.6 Å². The Morgan fingerprint density at radius 1 is 1.05 bits per heavy atom. The normalized spacial score (nSPS) is 24.0. The molecule has 7 heteroatoms. The van der Waals surface area contributed by atoms with Gasteiger partial charge in [-0.25, -0.2) is 12.7 Å². The molecule has 22 heavy (non-hydrogen) atoms. The van der Waals surface area contributed by atoms with Gasteiger partial charge >= 0.3 is 0 Å². The summed E-state index contributed by atoms with van der Waals surface area (Å²) in [5, 5.41) is 0. The van der Waals surface area contributed by atoms with Gasteiger partial charge in [0.1, 0.15) is 0 Å². The van der Waals surface area contributed by atoms with Gasteiger partial charge in [0.15, 0.2) is 0 Å². The highest BCUT2D eigenvalue weighted by molar-refractivity contribution is 7.88. The van der Waals surface area contributed by atoms with Crippen molar-refractivity contribution in [2.24, 2.45) is 11.1 Å². The van der Waals surface area contributed by atoms with Crippen LogP contribution in [0.5, 0.6) is 0 Å². The zero-order valence-electron chi connectivity index (χ0n) is 13.6. The lowest BCUT2D eigenvalue weighted by molar-refractivity contribution is -0.134. The third-order valence-electron chi connectivity index (χ3n) is 5.15. The Hall–Kier alpha value is -0.660. The van der Waals surface area contributed by atoms with E-state index in [-0.39, 0.29) is 11.3 Å². The lowest BCUT2D eigenvalue weighted by atomic mass is 9.71. The van der Waals surface area contributed by atoms with Crippen molar-refractivity contribution in [2.45, 2.75) is 44.9 Å². The molecule has 1 heterocycles. The number of hydrogen-bond donors (Lipinski definition) is 1. The van der Waals surface area contributed by atoms with Gasteiger partial charge in [0.05, 0.1) is 6.26 Å². The number of nitrogens with zero attached hydrogens (tertiary/aromatic N) is 2. The molecule has 0 aromatic rings. The monoisotopic (exact) mass is 331 g/mol. The summed E-state index contributed by atoms with van der Waals surface area (Å²) >= 11 is 0. The smallest absolute Gasteiger partial charge is 0.223 e. The van der Waals surface area contributed by atoms with E-state index in [0.717, 1.165) is 25.7 Å². The van der Waals surface area contributed by atoms with Crippen LogP contribution >= 0.6 is 0 Å². The minimum atomic E-state index is -3.17. The zero-order valence-corrected chi connectivity index (χ0v) is 14.4. The lowest BCUT2D eigenvalue weighted by Gasteiger charge is -2.37. The van der Waals surface area contributed by atoms with Gasteiger partial charge in [0.2, 0.25) is 15.9 Å². The Bertz CT molecular complexity index is 486. The van der Waals surface area contributed by atoms with Gasteiger partial charge in [-0.15, -0.1) is 0 Å². The van der Waals surface area contributed by atoms with E-state index in [2.05, 4.69) is 0 Å². The fourth-order valence-corrected chi connectivity index (χ4v) is 4.54. The second-order valence-corrected chi connectivity index (χ2v) is 8.82. The predicted molar refractivity (Wildman–Crippen MR) is 86.8 cm³/mol. The van der Waals surface area contributed by atoms with Crippen molar-refractivity contribution in [3.05, 3.63) is 0 Å². The van der Waals surface area contributed by atoms with Crippen LogP contribution in [0.4, 0.5) is 0 Å². The predicted octanol–water partition coefficient (Wildman–Crippen LogP) is 0.780. The second-order valence-electron chi connectivity index (χ2n) is 6.84. The fraction of sp³-hybridized carbons (Fsp3) is 0.933. The van der Waals surface area contributed by atoms with Crippen molar-refractivity contribution in [2.75, 3.05) is 39.0 Å². The van der Waals surface area contributed by atoms with Crippen LogP contribution in [0, 0.1) is 5.41 Å². The van der Waals surface area contributed by atoms with Crippen molar-refractivity contribution in [3.8, 4) is 0 Å². The topological polar surface area (TPSA) is 83.7 Å². The van der Waals surface area contributed by atoms with Crippen LogP contribution in [-0.2, 0) is 14.8 Å². The minimum absolute atomic E-state index is 0.0296. The number of carbonyl (C=O) groups is 1. The Kier molecular flexibility index (Phi) is 5.85. The maximum absolute atomic E-state index is 12.6. The first-order valence-corrected chi connectivity index (χ1v) is 10.1. The van der Waals surface area contributed by atoms with E-state index in [1.54, 1.807) is 0 Å². The van der Waals surface area contributed by atoms with Crippen LogP contribution in [0.1, 0.15) is 44.9 Å². The van der Waals surface area contributed by atoms with Gasteiger partial charge in [-0.05, 0) is 31.2 Å². The molecule has 0 unspecified atom stereocenters. The molecule has 0 bridgehead atoms. The molecule has 2 N–H and O–H groups in total. The van der Waals surface area contributed by atoms with Gasteiger partial charge in [-0.3, -0.25) is 4.79 Å². The van der Waals surface area contributed by atoms with E-state index in [4.69, 9.17) is 5.73 Å². The van der Waals surface area contributed by atoms with Crippen molar-refractivity contribution >= 4 is 15.9 Å². The van der Waals surface area contributed by atoms with Gasteiger partial charge in [0, 0.05) is 32.6 Å². The third kappa shape index (κ3) is 4.43. The summed E-state index contributed by atoms with van der Waals surface area (Å²) in [6.45, 7) is 2.62. The molecule has 2 aliphatic rings. The molecule has 128 valence electrons. The molecule has 0 radical (unpaired) electrons. The van der Waals surface area contributed by atoms with Crippen LogP contribution in [0.3, 0.4) is 0 Å². The molecule has 0 spiro atoms. The summed E-state index contributed by atoms with van der Waals surface area (Å²) in [5.41, 5.74) is 5.94. The molecule has 1 aliphatic carbocycles. The number of rotatable bonds is 4. The zero-order chi connectivity index (χ0) is 16.2. The van der Waals surface area contributed by atoms with E-state index >= 15 is 0 Å². The summed E-state index contributed by atoms with van der Waals surface area (Å²) in [5.74, 6) is 0.141. The van der Waals surface area contributed by atoms with Crippen molar-refractivity contribution in [1.29, 1.82) is 0 Å². The molecule has 0 aromatic heterocycles. The molecule has 2 rings (SSSR count). The first-order chi connectivity index (χ1) is 10.4. The van der Waals surface area contributed by atoms with E-state index in [9.17, 15) is 13.2 Å². The molecule has 2 fully saturated rings. The molecule has 0 aromatic carbocycles. The maximum Gasteiger partial charge on any atom is 0.223 e. The fourth-order valence-electron chi connectivity index (χ4n) is 3.66. The second kappa shape index (κ2) is 7.27. The standard InChI is InChI=1S/C15H29N3O3S/c1-22(20,21)18-9-5-8-17(10-11-18)14(19)12-15(13-16)6-3-2-4-7-15/h2-13,16H2,1H3. The van der Waals surface area contributed by atoms with Gasteiger partial charge in [-0.2, -0.15) is 0 Å². The molecular formula is C15H29N3O3S. The molecule has 6 nitrogen and oxygen atoms in total. The van der Waals surface area contributed by atoms with Gasteiger partial charge in [-0.1, -0.05) is 19.3 Å². The van der Waals surface area contributed by atoms with Crippen LogP contribution in [0.2, 0.25) is 0 Å². The van der Waals surface area contributed by atoms with Gasteiger partial charge in [0.25, 0.3) is 0 Å². The van der Waals surface area contributed by atoms with Crippen LogP contribution < -0.4 is 5.73 Å². The summed E-state index contributed by atoms with van der Waals surface area (Å²) in [6, 6.07) is 0. The quantitative estimate of drug-likeness (QED) is 0.825. The van der Waals surface area contributed by atoms with Crippen molar-refractivity contribution in [1.82, 2.24) is 9.21 Å². The Balaban J connectivity index is 1.95. The SMILES string of the molecule is CS(=O)(=O)N1CCCN(C(=O)CC2(CN)CCCCC2)CC1. The largest absolute Gasteiger partial charge is 0.341 e. The van der Waals surface area contributed by atoms with E-state index in [1.165, 1.54) is 17.0 Å². The van der Waals surface area contributed by atoms with Crippen molar-refractivity contribution < 1.29 is 13.2 Å². The Morgan fingerprint density at radius 2 is 1.73 bits per heavy atom. The number of nitrogens with two attached hydrogens (primary N) is 1. The van der Waals surface area contributed by atoms with E-state index in [1.807, 2.05) is 4.90 Å². The highest BCUT2D eigenvalue weighted by Crippen LogP contribution is 2.38. The number of amides is 1. The minimum Gasteiger partial charge on any atom is -0.341 e. The highest BCUT2D eigenvalue weighted by atomic mass is 32.2. The molecule has 0 atom stereocenters.